The molecule has 4 rings (SSSR count). The summed E-state index contributed by atoms with van der Waals surface area (Å²) in [7, 11) is 5.51. The maximum atomic E-state index is 13.1. The molecule has 0 bridgehead atoms. The molecular formula is C33H43N3O3. The highest BCUT2D eigenvalue weighted by atomic mass is 16.5. The second kappa shape index (κ2) is 14.0. The largest absolute Gasteiger partial charge is 0.493 e. The van der Waals surface area contributed by atoms with Crippen LogP contribution in [-0.4, -0.2) is 51.7 Å². The number of amides is 1. The first kappa shape index (κ1) is 28.5. The van der Waals surface area contributed by atoms with E-state index in [0.29, 0.717) is 13.1 Å². The number of hydrogen-bond donors (Lipinski definition) is 1. The Kier molecular flexibility index (Phi) is 10.3. The highest BCUT2D eigenvalue weighted by Crippen LogP contribution is 2.36. The van der Waals surface area contributed by atoms with E-state index < -0.39 is 0 Å². The number of ether oxygens (including phenoxy) is 2. The Morgan fingerprint density at radius 3 is 2.51 bits per heavy atom. The third-order valence-electron chi connectivity index (χ3n) is 7.69. The van der Waals surface area contributed by atoms with Gasteiger partial charge in [-0.05, 0) is 65.8 Å². The van der Waals surface area contributed by atoms with Crippen molar-refractivity contribution in [3.8, 4) is 11.5 Å². The topological polar surface area (TPSA) is 54.0 Å². The van der Waals surface area contributed by atoms with Crippen LogP contribution in [0.15, 0.2) is 66.7 Å². The summed E-state index contributed by atoms with van der Waals surface area (Å²) in [5, 5.41) is 3.11. The van der Waals surface area contributed by atoms with Gasteiger partial charge in [0.1, 0.15) is 0 Å². The average Bonchev–Trinajstić information content (AvgIpc) is 2.97. The second-order valence-corrected chi connectivity index (χ2v) is 10.4. The van der Waals surface area contributed by atoms with Crippen LogP contribution in [0.1, 0.15) is 54.5 Å². The highest BCUT2D eigenvalue weighted by molar-refractivity contribution is 5.78. The summed E-state index contributed by atoms with van der Waals surface area (Å²) >= 11 is 0. The molecule has 1 unspecified atom stereocenters. The molecule has 208 valence electrons. The van der Waals surface area contributed by atoms with E-state index in [1.165, 1.54) is 36.1 Å². The predicted octanol–water partition coefficient (Wildman–Crippen LogP) is 5.79. The van der Waals surface area contributed by atoms with Crippen LogP contribution in [0.5, 0.6) is 11.5 Å². The van der Waals surface area contributed by atoms with Crippen molar-refractivity contribution in [2.75, 3.05) is 45.8 Å². The molecule has 3 aromatic rings. The Morgan fingerprint density at radius 1 is 0.974 bits per heavy atom. The maximum Gasteiger partial charge on any atom is 0.234 e. The van der Waals surface area contributed by atoms with Gasteiger partial charge >= 0.3 is 0 Å². The van der Waals surface area contributed by atoms with E-state index in [0.717, 1.165) is 48.6 Å². The molecule has 0 aliphatic carbocycles. The molecule has 6 nitrogen and oxygen atoms in total. The molecule has 1 aliphatic heterocycles. The average molecular weight is 530 g/mol. The van der Waals surface area contributed by atoms with Crippen molar-refractivity contribution in [1.82, 2.24) is 10.2 Å². The number of nitrogens with one attached hydrogen (secondary N) is 1. The van der Waals surface area contributed by atoms with E-state index in [4.69, 9.17) is 9.47 Å². The summed E-state index contributed by atoms with van der Waals surface area (Å²) < 4.78 is 11.0. The Balaban J connectivity index is 1.55. The molecule has 0 fully saturated rings. The van der Waals surface area contributed by atoms with Crippen LogP contribution < -0.4 is 19.7 Å². The lowest BCUT2D eigenvalue weighted by Gasteiger charge is -2.38. The first-order valence-electron chi connectivity index (χ1n) is 14.1. The normalized spacial score (nSPS) is 14.9. The Morgan fingerprint density at radius 2 is 1.77 bits per heavy atom. The standard InChI is InChI=1S/C33H43N3O3/c1-5-6-10-18-35(2)28-14-15-29-27(22-28)17-19-36(24-33(37)34-23-25-11-8-7-9-12-25)30(29)20-26-13-16-31(38-3)32(21-26)39-4/h7-9,11-16,21-22,30H,5-6,10,17-20,23-24H2,1-4H3,(H,34,37). The van der Waals surface area contributed by atoms with E-state index in [2.05, 4.69) is 59.4 Å². The van der Waals surface area contributed by atoms with E-state index in [-0.39, 0.29) is 11.9 Å². The Labute approximate surface area is 233 Å². The van der Waals surface area contributed by atoms with Crippen molar-refractivity contribution < 1.29 is 14.3 Å². The molecular weight excluding hydrogens is 486 g/mol. The smallest absolute Gasteiger partial charge is 0.234 e. The SMILES string of the molecule is CCCCCN(C)c1ccc2c(c1)CCN(CC(=O)NCc1ccccc1)C2Cc1ccc(OC)c(OC)c1. The molecule has 0 saturated heterocycles. The summed E-state index contributed by atoms with van der Waals surface area (Å²) in [5.41, 5.74) is 6.20. The first-order chi connectivity index (χ1) is 19.0. The summed E-state index contributed by atoms with van der Waals surface area (Å²) in [6, 6.07) is 23.1. The summed E-state index contributed by atoms with van der Waals surface area (Å²) in [6.07, 6.45) is 5.40. The fourth-order valence-electron chi connectivity index (χ4n) is 5.41. The molecule has 1 atom stereocenters. The lowest BCUT2D eigenvalue weighted by molar-refractivity contribution is -0.123. The van der Waals surface area contributed by atoms with Crippen LogP contribution in [-0.2, 0) is 24.2 Å². The number of nitrogens with zero attached hydrogens (tertiary/aromatic N) is 2. The molecule has 0 aromatic heterocycles. The van der Waals surface area contributed by atoms with Crippen LogP contribution >= 0.6 is 0 Å². The quantitative estimate of drug-likeness (QED) is 0.284. The van der Waals surface area contributed by atoms with Crippen LogP contribution in [0.4, 0.5) is 5.69 Å². The van der Waals surface area contributed by atoms with Crippen LogP contribution in [0.2, 0.25) is 0 Å². The van der Waals surface area contributed by atoms with Crippen LogP contribution in [0.25, 0.3) is 0 Å². The fourth-order valence-corrected chi connectivity index (χ4v) is 5.41. The first-order valence-corrected chi connectivity index (χ1v) is 14.1. The monoisotopic (exact) mass is 529 g/mol. The summed E-state index contributed by atoms with van der Waals surface area (Å²) in [5.74, 6) is 1.49. The third kappa shape index (κ3) is 7.54. The number of methoxy groups -OCH3 is 2. The Bertz CT molecular complexity index is 1210. The molecule has 0 radical (unpaired) electrons. The number of benzene rings is 3. The summed E-state index contributed by atoms with van der Waals surface area (Å²) in [4.78, 5) is 17.7. The van der Waals surface area contributed by atoms with Gasteiger partial charge < -0.3 is 19.7 Å². The second-order valence-electron chi connectivity index (χ2n) is 10.4. The van der Waals surface area contributed by atoms with Crippen molar-refractivity contribution in [2.45, 2.75) is 51.6 Å². The van der Waals surface area contributed by atoms with Crippen molar-refractivity contribution >= 4 is 11.6 Å². The van der Waals surface area contributed by atoms with Gasteiger partial charge in [-0.15, -0.1) is 0 Å². The highest BCUT2D eigenvalue weighted by Gasteiger charge is 2.29. The molecule has 0 spiro atoms. The minimum Gasteiger partial charge on any atom is -0.493 e. The molecule has 39 heavy (non-hydrogen) atoms. The van der Waals surface area contributed by atoms with Crippen molar-refractivity contribution in [1.29, 1.82) is 0 Å². The molecule has 1 N–H and O–H groups in total. The molecule has 1 aliphatic rings. The van der Waals surface area contributed by atoms with Crippen molar-refractivity contribution in [3.63, 3.8) is 0 Å². The van der Waals surface area contributed by atoms with Gasteiger partial charge in [-0.2, -0.15) is 0 Å². The zero-order valence-electron chi connectivity index (χ0n) is 23.9. The van der Waals surface area contributed by atoms with Gasteiger partial charge in [-0.1, -0.05) is 62.2 Å². The van der Waals surface area contributed by atoms with Gasteiger partial charge in [0.2, 0.25) is 5.91 Å². The zero-order chi connectivity index (χ0) is 27.6. The van der Waals surface area contributed by atoms with Crippen molar-refractivity contribution in [2.24, 2.45) is 0 Å². The Hall–Kier alpha value is -3.51. The molecule has 1 heterocycles. The molecule has 0 saturated carbocycles. The minimum atomic E-state index is 0.0480. The fraction of sp³-hybridized carbons (Fsp3) is 0.424. The van der Waals surface area contributed by atoms with E-state index in [9.17, 15) is 4.79 Å². The predicted molar refractivity (Wildman–Crippen MR) is 159 cm³/mol. The van der Waals surface area contributed by atoms with Gasteiger partial charge in [-0.3, -0.25) is 9.69 Å². The van der Waals surface area contributed by atoms with Gasteiger partial charge in [0, 0.05) is 38.4 Å². The number of anilines is 1. The van der Waals surface area contributed by atoms with E-state index in [1.807, 2.05) is 36.4 Å². The van der Waals surface area contributed by atoms with E-state index >= 15 is 0 Å². The number of hydrogen-bond acceptors (Lipinski definition) is 5. The van der Waals surface area contributed by atoms with Crippen molar-refractivity contribution in [3.05, 3.63) is 89.0 Å². The molecule has 6 heteroatoms. The van der Waals surface area contributed by atoms with Gasteiger partial charge in [-0.25, -0.2) is 0 Å². The molecule has 3 aromatic carbocycles. The lowest BCUT2D eigenvalue weighted by atomic mass is 9.88. The van der Waals surface area contributed by atoms with Gasteiger partial charge in [0.15, 0.2) is 11.5 Å². The lowest BCUT2D eigenvalue weighted by Crippen LogP contribution is -2.43. The number of carbonyl (C=O) groups is 1. The number of carbonyl (C=O) groups excluding carboxylic acids is 1. The van der Waals surface area contributed by atoms with Gasteiger partial charge in [0.05, 0.1) is 20.8 Å². The molecule has 1 amide bonds. The number of rotatable bonds is 13. The number of fused-ring (bicyclic) bond motifs is 1. The van der Waals surface area contributed by atoms with E-state index in [1.54, 1.807) is 14.2 Å². The zero-order valence-corrected chi connectivity index (χ0v) is 23.9. The summed E-state index contributed by atoms with van der Waals surface area (Å²) in [6.45, 7) is 5.05. The number of unbranched alkanes of at least 4 members (excludes halogenated alkanes) is 2. The maximum absolute atomic E-state index is 13.1. The van der Waals surface area contributed by atoms with Crippen LogP contribution in [0, 0.1) is 0 Å². The van der Waals surface area contributed by atoms with Gasteiger partial charge in [0.25, 0.3) is 0 Å². The third-order valence-corrected chi connectivity index (χ3v) is 7.69. The minimum absolute atomic E-state index is 0.0480. The van der Waals surface area contributed by atoms with Crippen LogP contribution in [0.3, 0.4) is 0 Å².